The Morgan fingerprint density at radius 3 is 1.94 bits per heavy atom. The van der Waals surface area contributed by atoms with Gasteiger partial charge in [0.05, 0.1) is 13.2 Å². The minimum Gasteiger partial charge on any atom is -0.400 e. The minimum absolute atomic E-state index is 0.114. The van der Waals surface area contributed by atoms with Gasteiger partial charge in [0.2, 0.25) is 0 Å². The van der Waals surface area contributed by atoms with Crippen LogP contribution in [0, 0.1) is 0 Å². The van der Waals surface area contributed by atoms with Crippen molar-refractivity contribution in [2.75, 3.05) is 40.5 Å². The fourth-order valence-electron chi connectivity index (χ4n) is 1.82. The lowest BCUT2D eigenvalue weighted by atomic mass is 10.2. The first-order chi connectivity index (χ1) is 7.73. The van der Waals surface area contributed by atoms with Crippen LogP contribution in [-0.4, -0.2) is 71.0 Å². The predicted octanol–water partition coefficient (Wildman–Crippen LogP) is -0.435. The number of hydrogen-bond acceptors (Lipinski definition) is 5. The molecule has 1 atom stereocenters. The Kier molecular flexibility index (Phi) is 10.2. The summed E-state index contributed by atoms with van der Waals surface area (Å²) in [7, 11) is 1.77. The summed E-state index contributed by atoms with van der Waals surface area (Å²) in [4.78, 5) is 2.10. The van der Waals surface area contributed by atoms with E-state index >= 15 is 0 Å². The maximum Gasteiger partial charge on any atom is 0.322 e. The maximum atomic E-state index is 8.98. The first-order valence-corrected chi connectivity index (χ1v) is 7.50. The fourth-order valence-corrected chi connectivity index (χ4v) is 3.47. The SMILES string of the molecule is CCC(C[SiH](OC)OC)N(CCO)CCO. The van der Waals surface area contributed by atoms with Gasteiger partial charge < -0.3 is 19.1 Å². The Hall–Kier alpha value is 0.0169. The second kappa shape index (κ2) is 10.2. The van der Waals surface area contributed by atoms with Crippen LogP contribution in [0.15, 0.2) is 0 Å². The van der Waals surface area contributed by atoms with E-state index in [1.54, 1.807) is 14.2 Å². The molecule has 16 heavy (non-hydrogen) atoms. The zero-order valence-electron chi connectivity index (χ0n) is 10.6. The summed E-state index contributed by atoms with van der Waals surface area (Å²) >= 11 is 0. The van der Waals surface area contributed by atoms with E-state index in [4.69, 9.17) is 19.1 Å². The highest BCUT2D eigenvalue weighted by Crippen LogP contribution is 2.12. The summed E-state index contributed by atoms with van der Waals surface area (Å²) in [5.74, 6) is 0. The maximum absolute atomic E-state index is 8.98. The molecule has 0 aromatic rings. The highest BCUT2D eigenvalue weighted by atomic mass is 28.3. The third-order valence-corrected chi connectivity index (χ3v) is 4.73. The summed E-state index contributed by atoms with van der Waals surface area (Å²) in [6, 6.07) is 1.19. The average molecular weight is 251 g/mol. The van der Waals surface area contributed by atoms with Crippen LogP contribution in [0.2, 0.25) is 6.04 Å². The molecule has 0 bridgehead atoms. The summed E-state index contributed by atoms with van der Waals surface area (Å²) in [6.45, 7) is 3.51. The molecule has 0 aliphatic heterocycles. The Labute approximate surface area is 99.8 Å². The molecule has 0 saturated carbocycles. The van der Waals surface area contributed by atoms with Crippen molar-refractivity contribution in [1.29, 1.82) is 0 Å². The van der Waals surface area contributed by atoms with E-state index in [9.17, 15) is 0 Å². The van der Waals surface area contributed by atoms with Crippen molar-refractivity contribution in [2.24, 2.45) is 0 Å². The lowest BCUT2D eigenvalue weighted by Gasteiger charge is -2.31. The lowest BCUT2D eigenvalue weighted by molar-refractivity contribution is 0.121. The van der Waals surface area contributed by atoms with E-state index in [0.29, 0.717) is 19.1 Å². The summed E-state index contributed by atoms with van der Waals surface area (Å²) in [5.41, 5.74) is 0. The van der Waals surface area contributed by atoms with Gasteiger partial charge in [-0.1, -0.05) is 6.92 Å². The molecule has 5 nitrogen and oxygen atoms in total. The van der Waals surface area contributed by atoms with Crippen LogP contribution in [0.3, 0.4) is 0 Å². The molecule has 0 aromatic heterocycles. The van der Waals surface area contributed by atoms with Gasteiger partial charge in [-0.2, -0.15) is 0 Å². The van der Waals surface area contributed by atoms with Gasteiger partial charge in [0.1, 0.15) is 0 Å². The Balaban J connectivity index is 4.27. The van der Waals surface area contributed by atoms with Crippen LogP contribution in [0.25, 0.3) is 0 Å². The normalized spacial score (nSPS) is 13.7. The van der Waals surface area contributed by atoms with Crippen LogP contribution >= 0.6 is 0 Å². The molecule has 0 spiro atoms. The third kappa shape index (κ3) is 5.93. The van der Waals surface area contributed by atoms with Gasteiger partial charge in [-0.3, -0.25) is 4.90 Å². The summed E-state index contributed by atoms with van der Waals surface area (Å²) in [6.07, 6.45) is 0.968. The fraction of sp³-hybridized carbons (Fsp3) is 1.00. The molecule has 0 aliphatic carbocycles. The van der Waals surface area contributed by atoms with E-state index in [1.807, 2.05) is 0 Å². The zero-order valence-corrected chi connectivity index (χ0v) is 11.7. The van der Waals surface area contributed by atoms with Crippen molar-refractivity contribution in [3.8, 4) is 0 Å². The van der Waals surface area contributed by atoms with Crippen molar-refractivity contribution >= 4 is 9.28 Å². The number of aliphatic hydroxyl groups excluding tert-OH is 2. The van der Waals surface area contributed by atoms with Crippen LogP contribution in [0.5, 0.6) is 0 Å². The van der Waals surface area contributed by atoms with E-state index in [0.717, 1.165) is 12.5 Å². The minimum atomic E-state index is -1.58. The van der Waals surface area contributed by atoms with Gasteiger partial charge in [0.25, 0.3) is 0 Å². The number of rotatable bonds is 10. The molecule has 1 unspecified atom stereocenters. The van der Waals surface area contributed by atoms with E-state index in [2.05, 4.69) is 11.8 Å². The number of hydrogen-bond donors (Lipinski definition) is 2. The molecule has 2 N–H and O–H groups in total. The second-order valence-corrected chi connectivity index (χ2v) is 5.96. The average Bonchev–Trinajstić information content (AvgIpc) is 2.31. The molecule has 6 heteroatoms. The predicted molar refractivity (Wildman–Crippen MR) is 65.8 cm³/mol. The molecule has 0 aromatic carbocycles. The first-order valence-electron chi connectivity index (χ1n) is 5.74. The first kappa shape index (κ1) is 16.0. The van der Waals surface area contributed by atoms with Crippen molar-refractivity contribution in [1.82, 2.24) is 4.90 Å². The molecule has 98 valence electrons. The quantitative estimate of drug-likeness (QED) is 0.516. The van der Waals surface area contributed by atoms with Crippen molar-refractivity contribution in [3.05, 3.63) is 0 Å². The summed E-state index contributed by atoms with van der Waals surface area (Å²) in [5, 5.41) is 18.0. The lowest BCUT2D eigenvalue weighted by Crippen LogP contribution is -2.42. The smallest absolute Gasteiger partial charge is 0.322 e. The van der Waals surface area contributed by atoms with Gasteiger partial charge in [0, 0.05) is 39.4 Å². The zero-order chi connectivity index (χ0) is 12.4. The molecule has 0 fully saturated rings. The number of nitrogens with zero attached hydrogens (tertiary/aromatic N) is 1. The van der Waals surface area contributed by atoms with Crippen molar-refractivity contribution in [2.45, 2.75) is 25.4 Å². The monoisotopic (exact) mass is 251 g/mol. The second-order valence-electron chi connectivity index (χ2n) is 3.68. The molecule has 0 rings (SSSR count). The molecule has 0 amide bonds. The van der Waals surface area contributed by atoms with Crippen LogP contribution in [0.4, 0.5) is 0 Å². The number of aliphatic hydroxyl groups is 2. The topological polar surface area (TPSA) is 62.2 Å². The van der Waals surface area contributed by atoms with Crippen molar-refractivity contribution in [3.63, 3.8) is 0 Å². The largest absolute Gasteiger partial charge is 0.400 e. The Morgan fingerprint density at radius 2 is 1.62 bits per heavy atom. The van der Waals surface area contributed by atoms with Crippen LogP contribution in [0.1, 0.15) is 13.3 Å². The van der Waals surface area contributed by atoms with E-state index in [-0.39, 0.29) is 13.2 Å². The molecule has 0 radical (unpaired) electrons. The molecule has 0 aliphatic rings. The Morgan fingerprint density at radius 1 is 1.12 bits per heavy atom. The standard InChI is InChI=1S/C10H25NO4Si/c1-4-10(9-16(14-2)15-3)11(5-7-12)6-8-13/h10,12-13,16H,4-9H2,1-3H3. The van der Waals surface area contributed by atoms with E-state index < -0.39 is 9.28 Å². The van der Waals surface area contributed by atoms with Crippen molar-refractivity contribution < 1.29 is 19.1 Å². The molecular formula is C10H25NO4Si. The van der Waals surface area contributed by atoms with Crippen LogP contribution < -0.4 is 0 Å². The van der Waals surface area contributed by atoms with Crippen LogP contribution in [-0.2, 0) is 8.85 Å². The Bertz CT molecular complexity index is 152. The van der Waals surface area contributed by atoms with Gasteiger partial charge in [-0.15, -0.1) is 0 Å². The summed E-state index contributed by atoms with van der Waals surface area (Å²) < 4.78 is 10.6. The molecule has 0 saturated heterocycles. The van der Waals surface area contributed by atoms with Gasteiger partial charge in [-0.25, -0.2) is 0 Å². The highest BCUT2D eigenvalue weighted by Gasteiger charge is 2.22. The van der Waals surface area contributed by atoms with E-state index in [1.165, 1.54) is 0 Å². The van der Waals surface area contributed by atoms with Gasteiger partial charge in [-0.05, 0) is 6.42 Å². The molecule has 0 heterocycles. The van der Waals surface area contributed by atoms with Gasteiger partial charge >= 0.3 is 9.28 Å². The highest BCUT2D eigenvalue weighted by molar-refractivity contribution is 6.44. The molecular weight excluding hydrogens is 226 g/mol. The van der Waals surface area contributed by atoms with Gasteiger partial charge in [0.15, 0.2) is 0 Å². The third-order valence-electron chi connectivity index (χ3n) is 2.75.